The summed E-state index contributed by atoms with van der Waals surface area (Å²) in [5.41, 5.74) is 1.51. The molecule has 1 amide bonds. The summed E-state index contributed by atoms with van der Waals surface area (Å²) >= 11 is 0. The molecule has 0 unspecified atom stereocenters. The molecule has 0 aliphatic carbocycles. The van der Waals surface area contributed by atoms with E-state index in [0.29, 0.717) is 34.9 Å². The zero-order chi connectivity index (χ0) is 20.6. The topological polar surface area (TPSA) is 71.3 Å². The summed E-state index contributed by atoms with van der Waals surface area (Å²) in [6.07, 6.45) is -0.978. The van der Waals surface area contributed by atoms with Crippen molar-refractivity contribution in [3.63, 3.8) is 0 Å². The minimum atomic E-state index is -0.978. The molecule has 0 aliphatic heterocycles. The number of halogens is 1. The molecule has 0 fully saturated rings. The molecule has 0 spiro atoms. The van der Waals surface area contributed by atoms with Crippen LogP contribution in [0.3, 0.4) is 0 Å². The van der Waals surface area contributed by atoms with Gasteiger partial charge in [0, 0.05) is 17.3 Å². The standard InChI is InChI=1S/C23H19FN2O3/c1-2-28-21-14-16(15-25)8-13-20(21)29-22(17-6-4-3-5-7-17)23(27)26-19-11-9-18(24)10-12-19/h3-14,22H,2H2,1H3,(H,26,27)/t22-/m0/s1. The van der Waals surface area contributed by atoms with Gasteiger partial charge in [-0.25, -0.2) is 4.39 Å². The highest BCUT2D eigenvalue weighted by molar-refractivity contribution is 5.95. The molecule has 5 nitrogen and oxygen atoms in total. The largest absolute Gasteiger partial charge is 0.490 e. The van der Waals surface area contributed by atoms with Gasteiger partial charge < -0.3 is 14.8 Å². The van der Waals surface area contributed by atoms with Crippen LogP contribution in [0.2, 0.25) is 0 Å². The van der Waals surface area contributed by atoms with E-state index in [4.69, 9.17) is 14.7 Å². The predicted octanol–water partition coefficient (Wildman–Crippen LogP) is 4.85. The van der Waals surface area contributed by atoms with E-state index in [1.165, 1.54) is 24.3 Å². The van der Waals surface area contributed by atoms with Crippen molar-refractivity contribution in [2.75, 3.05) is 11.9 Å². The van der Waals surface area contributed by atoms with Crippen molar-refractivity contribution in [1.29, 1.82) is 5.26 Å². The first-order valence-corrected chi connectivity index (χ1v) is 9.05. The fourth-order valence-electron chi connectivity index (χ4n) is 2.71. The number of carbonyl (C=O) groups is 1. The number of nitrogens with one attached hydrogen (secondary N) is 1. The van der Waals surface area contributed by atoms with Crippen LogP contribution in [0.1, 0.15) is 24.2 Å². The zero-order valence-electron chi connectivity index (χ0n) is 15.8. The molecule has 0 aliphatic rings. The van der Waals surface area contributed by atoms with Crippen LogP contribution in [0, 0.1) is 17.1 Å². The van der Waals surface area contributed by atoms with Crippen LogP contribution in [0.15, 0.2) is 72.8 Å². The van der Waals surface area contributed by atoms with E-state index >= 15 is 0 Å². The number of ether oxygens (including phenoxy) is 2. The van der Waals surface area contributed by atoms with Crippen LogP contribution in [0.25, 0.3) is 0 Å². The minimum absolute atomic E-state index is 0.342. The molecule has 0 radical (unpaired) electrons. The number of rotatable bonds is 7. The zero-order valence-corrected chi connectivity index (χ0v) is 15.8. The third-order valence-corrected chi connectivity index (χ3v) is 4.07. The smallest absolute Gasteiger partial charge is 0.270 e. The van der Waals surface area contributed by atoms with Gasteiger partial charge in [-0.3, -0.25) is 4.79 Å². The number of amides is 1. The Balaban J connectivity index is 1.91. The van der Waals surface area contributed by atoms with E-state index in [1.54, 1.807) is 42.5 Å². The number of nitriles is 1. The number of anilines is 1. The van der Waals surface area contributed by atoms with Crippen molar-refractivity contribution in [1.82, 2.24) is 0 Å². The van der Waals surface area contributed by atoms with Gasteiger partial charge in [-0.1, -0.05) is 30.3 Å². The number of hydrogen-bond acceptors (Lipinski definition) is 4. The van der Waals surface area contributed by atoms with E-state index in [0.717, 1.165) is 0 Å². The molecule has 3 aromatic carbocycles. The van der Waals surface area contributed by atoms with Gasteiger partial charge >= 0.3 is 0 Å². The lowest BCUT2D eigenvalue weighted by Crippen LogP contribution is -2.26. The molecular formula is C23H19FN2O3. The van der Waals surface area contributed by atoms with Crippen molar-refractivity contribution in [3.05, 3.63) is 89.7 Å². The monoisotopic (exact) mass is 390 g/mol. The predicted molar refractivity (Wildman–Crippen MR) is 107 cm³/mol. The molecule has 0 heterocycles. The van der Waals surface area contributed by atoms with Crippen molar-refractivity contribution < 1.29 is 18.7 Å². The van der Waals surface area contributed by atoms with Crippen molar-refractivity contribution in [2.45, 2.75) is 13.0 Å². The second-order valence-corrected chi connectivity index (χ2v) is 6.11. The van der Waals surface area contributed by atoms with Crippen LogP contribution in [0.4, 0.5) is 10.1 Å². The van der Waals surface area contributed by atoms with Gasteiger partial charge in [0.2, 0.25) is 6.10 Å². The molecule has 0 bridgehead atoms. The third kappa shape index (κ3) is 5.11. The number of carbonyl (C=O) groups excluding carboxylic acids is 1. The molecule has 29 heavy (non-hydrogen) atoms. The number of nitrogens with zero attached hydrogens (tertiary/aromatic N) is 1. The summed E-state index contributed by atoms with van der Waals surface area (Å²) < 4.78 is 24.7. The molecule has 0 saturated heterocycles. The maximum absolute atomic E-state index is 13.1. The number of hydrogen-bond donors (Lipinski definition) is 1. The van der Waals surface area contributed by atoms with E-state index < -0.39 is 17.8 Å². The minimum Gasteiger partial charge on any atom is -0.490 e. The fraction of sp³-hybridized carbons (Fsp3) is 0.130. The summed E-state index contributed by atoms with van der Waals surface area (Å²) in [6.45, 7) is 2.20. The Morgan fingerprint density at radius 3 is 2.45 bits per heavy atom. The summed E-state index contributed by atoms with van der Waals surface area (Å²) in [5.74, 6) is -0.0940. The molecule has 0 aromatic heterocycles. The Kier molecular flexibility index (Phi) is 6.43. The molecule has 6 heteroatoms. The maximum atomic E-state index is 13.1. The van der Waals surface area contributed by atoms with E-state index in [1.807, 2.05) is 13.0 Å². The highest BCUT2D eigenvalue weighted by Gasteiger charge is 2.24. The lowest BCUT2D eigenvalue weighted by atomic mass is 10.1. The van der Waals surface area contributed by atoms with Crippen LogP contribution in [0.5, 0.6) is 11.5 Å². The Morgan fingerprint density at radius 2 is 1.79 bits per heavy atom. The first kappa shape index (κ1) is 19.9. The van der Waals surface area contributed by atoms with Crippen molar-refractivity contribution in [3.8, 4) is 17.6 Å². The normalized spacial score (nSPS) is 11.2. The molecule has 146 valence electrons. The van der Waals surface area contributed by atoms with E-state index in [9.17, 15) is 9.18 Å². The maximum Gasteiger partial charge on any atom is 0.270 e. The summed E-state index contributed by atoms with van der Waals surface area (Å²) in [4.78, 5) is 13.0. The summed E-state index contributed by atoms with van der Waals surface area (Å²) in [7, 11) is 0. The highest BCUT2D eigenvalue weighted by Crippen LogP contribution is 2.33. The lowest BCUT2D eigenvalue weighted by molar-refractivity contribution is -0.123. The van der Waals surface area contributed by atoms with Crippen molar-refractivity contribution >= 4 is 11.6 Å². The van der Waals surface area contributed by atoms with Gasteiger partial charge in [-0.2, -0.15) is 5.26 Å². The summed E-state index contributed by atoms with van der Waals surface area (Å²) in [6, 6.07) is 21.3. The van der Waals surface area contributed by atoms with Crippen LogP contribution in [-0.2, 0) is 4.79 Å². The van der Waals surface area contributed by atoms with Gasteiger partial charge in [0.05, 0.1) is 18.2 Å². The van der Waals surface area contributed by atoms with Gasteiger partial charge in [-0.05, 0) is 43.3 Å². The van der Waals surface area contributed by atoms with Crippen LogP contribution in [-0.4, -0.2) is 12.5 Å². The Bertz CT molecular complexity index is 1010. The van der Waals surface area contributed by atoms with Crippen LogP contribution < -0.4 is 14.8 Å². The molecule has 0 saturated carbocycles. The average Bonchev–Trinajstić information content (AvgIpc) is 2.75. The van der Waals surface area contributed by atoms with Gasteiger partial charge in [0.25, 0.3) is 5.91 Å². The van der Waals surface area contributed by atoms with Gasteiger partial charge in [-0.15, -0.1) is 0 Å². The fourth-order valence-corrected chi connectivity index (χ4v) is 2.71. The van der Waals surface area contributed by atoms with Crippen LogP contribution >= 0.6 is 0 Å². The molecule has 1 atom stereocenters. The second kappa shape index (κ2) is 9.38. The van der Waals surface area contributed by atoms with E-state index in [-0.39, 0.29) is 0 Å². The molecule has 3 rings (SSSR count). The number of benzene rings is 3. The first-order chi connectivity index (χ1) is 14.1. The lowest BCUT2D eigenvalue weighted by Gasteiger charge is -2.21. The Morgan fingerprint density at radius 1 is 1.07 bits per heavy atom. The summed E-state index contributed by atoms with van der Waals surface area (Å²) in [5, 5.41) is 11.9. The quantitative estimate of drug-likeness (QED) is 0.626. The Hall–Kier alpha value is -3.85. The third-order valence-electron chi connectivity index (χ3n) is 4.07. The average molecular weight is 390 g/mol. The SMILES string of the molecule is CCOc1cc(C#N)ccc1O[C@H](C(=O)Nc1ccc(F)cc1)c1ccccc1. The Labute approximate surface area is 168 Å². The highest BCUT2D eigenvalue weighted by atomic mass is 19.1. The molecule has 3 aromatic rings. The first-order valence-electron chi connectivity index (χ1n) is 9.05. The van der Waals surface area contributed by atoms with Gasteiger partial charge in [0.1, 0.15) is 5.82 Å². The van der Waals surface area contributed by atoms with E-state index in [2.05, 4.69) is 11.4 Å². The molecular weight excluding hydrogens is 371 g/mol. The van der Waals surface area contributed by atoms with Gasteiger partial charge in [0.15, 0.2) is 11.5 Å². The second-order valence-electron chi connectivity index (χ2n) is 6.11. The molecule has 1 N–H and O–H groups in total. The van der Waals surface area contributed by atoms with Crippen molar-refractivity contribution in [2.24, 2.45) is 0 Å².